The van der Waals surface area contributed by atoms with E-state index in [9.17, 15) is 4.79 Å². The van der Waals surface area contributed by atoms with Crippen LogP contribution in [-0.4, -0.2) is 25.2 Å². The van der Waals surface area contributed by atoms with Gasteiger partial charge in [0.25, 0.3) is 6.47 Å². The first kappa shape index (κ1) is 16.2. The van der Waals surface area contributed by atoms with Crippen molar-refractivity contribution in [2.75, 3.05) is 18.8 Å². The fraction of sp³-hybridized carbons (Fsp3) is 0.438. The van der Waals surface area contributed by atoms with E-state index in [0.717, 1.165) is 25.2 Å². The maximum absolute atomic E-state index is 9.60. The lowest BCUT2D eigenvalue weighted by atomic mass is 10.0. The highest BCUT2D eigenvalue weighted by Gasteiger charge is 2.07. The van der Waals surface area contributed by atoms with Gasteiger partial charge in [-0.05, 0) is 57.0 Å². The lowest BCUT2D eigenvalue weighted by molar-refractivity contribution is -0.138. The van der Waals surface area contributed by atoms with Crippen LogP contribution in [0.1, 0.15) is 32.8 Å². The average molecular weight is 276 g/mol. The highest BCUT2D eigenvalue weighted by atomic mass is 16.5. The Morgan fingerprint density at radius 1 is 1.25 bits per heavy atom. The molecular weight excluding hydrogens is 252 g/mol. The van der Waals surface area contributed by atoms with Crippen LogP contribution in [0.25, 0.3) is 5.57 Å². The van der Waals surface area contributed by atoms with Gasteiger partial charge in [0.1, 0.15) is 5.60 Å². The SMILES string of the molecule is CC(C)(C)OC=O.Nc1ccc(C2=CCNCC2)cc1. The molecule has 1 heterocycles. The molecule has 0 amide bonds. The predicted molar refractivity (Wildman–Crippen MR) is 83.2 cm³/mol. The first-order chi connectivity index (χ1) is 9.42. The summed E-state index contributed by atoms with van der Waals surface area (Å²) in [5.41, 5.74) is 8.87. The van der Waals surface area contributed by atoms with E-state index < -0.39 is 0 Å². The van der Waals surface area contributed by atoms with Crippen molar-refractivity contribution in [1.82, 2.24) is 5.32 Å². The van der Waals surface area contributed by atoms with Gasteiger partial charge in [-0.25, -0.2) is 0 Å². The third-order valence-electron chi connectivity index (χ3n) is 2.75. The van der Waals surface area contributed by atoms with Crippen LogP contribution < -0.4 is 11.1 Å². The number of ether oxygens (including phenoxy) is 1. The maximum atomic E-state index is 9.60. The number of nitrogens with two attached hydrogens (primary N) is 1. The lowest BCUT2D eigenvalue weighted by Crippen LogP contribution is -2.19. The Bertz CT molecular complexity index is 445. The van der Waals surface area contributed by atoms with E-state index in [4.69, 9.17) is 5.73 Å². The molecule has 0 spiro atoms. The molecule has 1 aliphatic heterocycles. The first-order valence-electron chi connectivity index (χ1n) is 6.79. The van der Waals surface area contributed by atoms with E-state index in [0.29, 0.717) is 6.47 Å². The molecule has 110 valence electrons. The fourth-order valence-electron chi connectivity index (χ4n) is 1.73. The number of carbonyl (C=O) groups excluding carboxylic acids is 1. The number of nitrogen functional groups attached to an aromatic ring is 1. The van der Waals surface area contributed by atoms with Crippen LogP contribution in [0.15, 0.2) is 30.3 Å². The molecule has 0 aliphatic carbocycles. The molecule has 4 heteroatoms. The molecule has 3 N–H and O–H groups in total. The predicted octanol–water partition coefficient (Wildman–Crippen LogP) is 2.60. The maximum Gasteiger partial charge on any atom is 0.293 e. The van der Waals surface area contributed by atoms with Gasteiger partial charge in [-0.3, -0.25) is 4.79 Å². The number of carbonyl (C=O) groups is 1. The summed E-state index contributed by atoms with van der Waals surface area (Å²) in [4.78, 5) is 9.60. The molecule has 1 aromatic rings. The van der Waals surface area contributed by atoms with Crippen molar-refractivity contribution in [1.29, 1.82) is 0 Å². The summed E-state index contributed by atoms with van der Waals surface area (Å²) >= 11 is 0. The van der Waals surface area contributed by atoms with Gasteiger partial charge < -0.3 is 15.8 Å². The highest BCUT2D eigenvalue weighted by molar-refractivity contribution is 5.67. The third-order valence-corrected chi connectivity index (χ3v) is 2.75. The second-order valence-electron chi connectivity index (χ2n) is 5.63. The molecule has 0 aromatic heterocycles. The lowest BCUT2D eigenvalue weighted by Gasteiger charge is -2.14. The molecule has 0 fully saturated rings. The van der Waals surface area contributed by atoms with Crippen LogP contribution in [0.4, 0.5) is 5.69 Å². The Morgan fingerprint density at radius 2 is 1.90 bits per heavy atom. The Morgan fingerprint density at radius 3 is 2.30 bits per heavy atom. The zero-order chi connectivity index (χ0) is 15.0. The van der Waals surface area contributed by atoms with E-state index in [-0.39, 0.29) is 5.60 Å². The minimum absolute atomic E-state index is 0.318. The Labute approximate surface area is 121 Å². The Kier molecular flexibility index (Phi) is 6.25. The van der Waals surface area contributed by atoms with Gasteiger partial charge in [-0.1, -0.05) is 18.2 Å². The summed E-state index contributed by atoms with van der Waals surface area (Å²) in [6, 6.07) is 8.09. The van der Waals surface area contributed by atoms with Crippen LogP contribution in [0, 0.1) is 0 Å². The van der Waals surface area contributed by atoms with Crippen molar-refractivity contribution in [3.63, 3.8) is 0 Å². The largest absolute Gasteiger partial charge is 0.462 e. The Balaban J connectivity index is 0.000000246. The van der Waals surface area contributed by atoms with Gasteiger partial charge >= 0.3 is 0 Å². The van der Waals surface area contributed by atoms with Crippen molar-refractivity contribution in [3.8, 4) is 0 Å². The molecule has 0 saturated heterocycles. The summed E-state index contributed by atoms with van der Waals surface area (Å²) in [5.74, 6) is 0. The monoisotopic (exact) mass is 276 g/mol. The topological polar surface area (TPSA) is 64.3 Å². The second-order valence-corrected chi connectivity index (χ2v) is 5.63. The number of hydrogen-bond donors (Lipinski definition) is 2. The third kappa shape index (κ3) is 6.38. The molecule has 2 rings (SSSR count). The molecule has 0 bridgehead atoms. The van der Waals surface area contributed by atoms with Gasteiger partial charge in [-0.2, -0.15) is 0 Å². The number of anilines is 1. The molecular formula is C16H24N2O2. The fourth-order valence-corrected chi connectivity index (χ4v) is 1.73. The molecule has 20 heavy (non-hydrogen) atoms. The van der Waals surface area contributed by atoms with Crippen molar-refractivity contribution in [2.24, 2.45) is 0 Å². The van der Waals surface area contributed by atoms with Crippen molar-refractivity contribution >= 4 is 17.7 Å². The minimum Gasteiger partial charge on any atom is -0.462 e. The van der Waals surface area contributed by atoms with E-state index >= 15 is 0 Å². The van der Waals surface area contributed by atoms with E-state index in [1.807, 2.05) is 32.9 Å². The van der Waals surface area contributed by atoms with Gasteiger partial charge in [0, 0.05) is 12.2 Å². The minimum atomic E-state index is -0.318. The molecule has 0 radical (unpaired) electrons. The standard InChI is InChI=1S/C11H14N2.C5H10O2/c12-11-3-1-9(2-4-11)10-5-7-13-8-6-10;1-5(2,3)7-4-6/h1-5,13H,6-8,12H2;4H,1-3H3. The van der Waals surface area contributed by atoms with Gasteiger partial charge in [0.05, 0.1) is 0 Å². The molecule has 1 aromatic carbocycles. The normalized spacial score (nSPS) is 14.7. The van der Waals surface area contributed by atoms with Crippen LogP contribution in [0.3, 0.4) is 0 Å². The second kappa shape index (κ2) is 7.70. The zero-order valence-electron chi connectivity index (χ0n) is 12.5. The summed E-state index contributed by atoms with van der Waals surface area (Å²) < 4.78 is 4.55. The van der Waals surface area contributed by atoms with Gasteiger partial charge in [0.2, 0.25) is 0 Å². The zero-order valence-corrected chi connectivity index (χ0v) is 12.5. The highest BCUT2D eigenvalue weighted by Crippen LogP contribution is 2.20. The molecule has 0 saturated carbocycles. The van der Waals surface area contributed by atoms with E-state index in [2.05, 4.69) is 28.3 Å². The van der Waals surface area contributed by atoms with Crippen LogP contribution in [0.2, 0.25) is 0 Å². The van der Waals surface area contributed by atoms with Gasteiger partial charge in [0.15, 0.2) is 0 Å². The van der Waals surface area contributed by atoms with Crippen molar-refractivity contribution in [3.05, 3.63) is 35.9 Å². The van der Waals surface area contributed by atoms with E-state index in [1.54, 1.807) is 0 Å². The first-order valence-corrected chi connectivity index (χ1v) is 6.79. The number of hydrogen-bond acceptors (Lipinski definition) is 4. The average Bonchev–Trinajstić information content (AvgIpc) is 2.40. The summed E-state index contributed by atoms with van der Waals surface area (Å²) in [5, 5.41) is 3.29. The number of nitrogens with one attached hydrogen (secondary N) is 1. The van der Waals surface area contributed by atoms with E-state index in [1.165, 1.54) is 11.1 Å². The summed E-state index contributed by atoms with van der Waals surface area (Å²) in [6.07, 6.45) is 3.36. The number of rotatable bonds is 2. The van der Waals surface area contributed by atoms with Crippen molar-refractivity contribution < 1.29 is 9.53 Å². The quantitative estimate of drug-likeness (QED) is 0.644. The molecule has 0 unspecified atom stereocenters. The molecule has 4 nitrogen and oxygen atoms in total. The summed E-state index contributed by atoms with van der Waals surface area (Å²) in [6.45, 7) is 7.99. The summed E-state index contributed by atoms with van der Waals surface area (Å²) in [7, 11) is 0. The molecule has 1 aliphatic rings. The smallest absolute Gasteiger partial charge is 0.293 e. The van der Waals surface area contributed by atoms with Crippen LogP contribution in [-0.2, 0) is 9.53 Å². The number of benzene rings is 1. The Hall–Kier alpha value is -1.81. The van der Waals surface area contributed by atoms with Crippen LogP contribution >= 0.6 is 0 Å². The van der Waals surface area contributed by atoms with Crippen LogP contribution in [0.5, 0.6) is 0 Å². The van der Waals surface area contributed by atoms with Crippen molar-refractivity contribution in [2.45, 2.75) is 32.8 Å². The molecule has 0 atom stereocenters. The van der Waals surface area contributed by atoms with Gasteiger partial charge in [-0.15, -0.1) is 0 Å².